The molecule has 0 amide bonds. The summed E-state index contributed by atoms with van der Waals surface area (Å²) in [5, 5.41) is 5.80. The molecule has 1 aliphatic rings. The third-order valence-corrected chi connectivity index (χ3v) is 5.83. The minimum absolute atomic E-state index is 0.711. The number of thiazole rings is 1. The fourth-order valence-electron chi connectivity index (χ4n) is 2.35. The second-order valence-electron chi connectivity index (χ2n) is 4.84. The summed E-state index contributed by atoms with van der Waals surface area (Å²) in [4.78, 5) is 5.93. The molecule has 1 heterocycles. The van der Waals surface area contributed by atoms with E-state index in [1.807, 2.05) is 23.1 Å². The molecule has 1 saturated carbocycles. The fraction of sp³-hybridized carbons (Fsp3) is 0.769. The molecule has 2 rings (SSSR count). The lowest BCUT2D eigenvalue weighted by Crippen LogP contribution is -2.33. The Balaban J connectivity index is 1.75. The highest BCUT2D eigenvalue weighted by Gasteiger charge is 2.20. The molecule has 0 saturated heterocycles. The van der Waals surface area contributed by atoms with Gasteiger partial charge < -0.3 is 5.32 Å². The third-order valence-electron chi connectivity index (χ3n) is 3.62. The molecule has 1 N–H and O–H groups in total. The summed E-state index contributed by atoms with van der Waals surface area (Å²) < 4.78 is 0. The SMILES string of the molecule is CSC1CCC(NCc2nc(C)c(C)s2)CC1. The van der Waals surface area contributed by atoms with E-state index in [1.54, 1.807) is 0 Å². The van der Waals surface area contributed by atoms with Gasteiger partial charge in [0, 0.05) is 22.7 Å². The van der Waals surface area contributed by atoms with E-state index in [2.05, 4.69) is 30.4 Å². The molecule has 0 atom stereocenters. The molecule has 0 aromatic carbocycles. The molecule has 1 aliphatic carbocycles. The average molecular weight is 270 g/mol. The Morgan fingerprint density at radius 3 is 2.53 bits per heavy atom. The van der Waals surface area contributed by atoms with E-state index in [1.165, 1.54) is 41.3 Å². The van der Waals surface area contributed by atoms with Crippen LogP contribution in [0.3, 0.4) is 0 Å². The van der Waals surface area contributed by atoms with E-state index in [0.29, 0.717) is 6.04 Å². The summed E-state index contributed by atoms with van der Waals surface area (Å²) in [6.07, 6.45) is 7.63. The number of hydrogen-bond acceptors (Lipinski definition) is 4. The summed E-state index contributed by atoms with van der Waals surface area (Å²) in [7, 11) is 0. The van der Waals surface area contributed by atoms with Crippen LogP contribution >= 0.6 is 23.1 Å². The highest BCUT2D eigenvalue weighted by atomic mass is 32.2. The van der Waals surface area contributed by atoms with Crippen molar-refractivity contribution in [3.05, 3.63) is 15.6 Å². The molecule has 0 bridgehead atoms. The number of aryl methyl sites for hydroxylation is 2. The number of aromatic nitrogens is 1. The summed E-state index contributed by atoms with van der Waals surface area (Å²) in [6.45, 7) is 5.20. The number of rotatable bonds is 4. The summed E-state index contributed by atoms with van der Waals surface area (Å²) >= 11 is 3.86. The summed E-state index contributed by atoms with van der Waals surface area (Å²) in [5.41, 5.74) is 1.19. The Kier molecular flexibility index (Phi) is 4.88. The lowest BCUT2D eigenvalue weighted by molar-refractivity contribution is 0.378. The topological polar surface area (TPSA) is 24.9 Å². The van der Waals surface area contributed by atoms with E-state index >= 15 is 0 Å². The van der Waals surface area contributed by atoms with Crippen molar-refractivity contribution < 1.29 is 0 Å². The average Bonchev–Trinajstić information content (AvgIpc) is 2.67. The lowest BCUT2D eigenvalue weighted by atomic mass is 9.95. The number of nitrogens with zero attached hydrogens (tertiary/aromatic N) is 1. The zero-order valence-electron chi connectivity index (χ0n) is 11.0. The van der Waals surface area contributed by atoms with Crippen LogP contribution in [0.1, 0.15) is 41.3 Å². The standard InChI is InChI=1S/C13H22N2S2/c1-9-10(2)17-13(15-9)8-14-11-4-6-12(16-3)7-5-11/h11-12,14H,4-8H2,1-3H3. The molecule has 0 radical (unpaired) electrons. The first kappa shape index (κ1) is 13.4. The van der Waals surface area contributed by atoms with Crippen LogP contribution in [0.2, 0.25) is 0 Å². The number of thioether (sulfide) groups is 1. The van der Waals surface area contributed by atoms with Gasteiger partial charge in [0.15, 0.2) is 0 Å². The zero-order chi connectivity index (χ0) is 12.3. The molecule has 2 nitrogen and oxygen atoms in total. The molecule has 1 aromatic rings. The van der Waals surface area contributed by atoms with E-state index in [0.717, 1.165) is 11.8 Å². The Bertz CT molecular complexity index is 335. The van der Waals surface area contributed by atoms with Gasteiger partial charge in [0.2, 0.25) is 0 Å². The zero-order valence-corrected chi connectivity index (χ0v) is 12.6. The highest BCUT2D eigenvalue weighted by Crippen LogP contribution is 2.27. The molecule has 4 heteroatoms. The van der Waals surface area contributed by atoms with Gasteiger partial charge in [-0.25, -0.2) is 4.98 Å². The number of nitrogens with one attached hydrogen (secondary N) is 1. The van der Waals surface area contributed by atoms with Crippen LogP contribution in [0.15, 0.2) is 0 Å². The van der Waals surface area contributed by atoms with Crippen molar-refractivity contribution in [1.82, 2.24) is 10.3 Å². The largest absolute Gasteiger partial charge is 0.308 e. The normalized spacial score (nSPS) is 25.1. The summed E-state index contributed by atoms with van der Waals surface area (Å²) in [5.74, 6) is 0. The van der Waals surface area contributed by atoms with Crippen molar-refractivity contribution in [3.8, 4) is 0 Å². The number of hydrogen-bond donors (Lipinski definition) is 1. The summed E-state index contributed by atoms with van der Waals surface area (Å²) in [6, 6.07) is 0.711. The molecule has 0 unspecified atom stereocenters. The first-order chi connectivity index (χ1) is 8.19. The monoisotopic (exact) mass is 270 g/mol. The lowest BCUT2D eigenvalue weighted by Gasteiger charge is -2.27. The molecule has 96 valence electrons. The minimum Gasteiger partial charge on any atom is -0.308 e. The van der Waals surface area contributed by atoms with Crippen molar-refractivity contribution in [2.75, 3.05) is 6.26 Å². The highest BCUT2D eigenvalue weighted by molar-refractivity contribution is 7.99. The van der Waals surface area contributed by atoms with Gasteiger partial charge in [-0.3, -0.25) is 0 Å². The Labute approximate surface area is 113 Å². The maximum atomic E-state index is 4.58. The molecular weight excluding hydrogens is 248 g/mol. The molecule has 0 aliphatic heterocycles. The predicted octanol–water partition coefficient (Wildman–Crippen LogP) is 3.52. The van der Waals surface area contributed by atoms with Crippen LogP contribution in [0, 0.1) is 13.8 Å². The first-order valence-corrected chi connectivity index (χ1v) is 8.48. The van der Waals surface area contributed by atoms with Gasteiger partial charge in [0.05, 0.1) is 5.69 Å². The smallest absolute Gasteiger partial charge is 0.107 e. The van der Waals surface area contributed by atoms with Gasteiger partial charge in [0.25, 0.3) is 0 Å². The Morgan fingerprint density at radius 2 is 2.00 bits per heavy atom. The first-order valence-electron chi connectivity index (χ1n) is 6.38. The fourth-order valence-corrected chi connectivity index (χ4v) is 3.98. The van der Waals surface area contributed by atoms with Crippen LogP contribution in [-0.4, -0.2) is 22.5 Å². The second-order valence-corrected chi connectivity index (χ2v) is 7.27. The molecule has 1 fully saturated rings. The van der Waals surface area contributed by atoms with Crippen molar-refractivity contribution in [3.63, 3.8) is 0 Å². The maximum absolute atomic E-state index is 4.58. The van der Waals surface area contributed by atoms with Crippen LogP contribution in [0.25, 0.3) is 0 Å². The minimum atomic E-state index is 0.711. The van der Waals surface area contributed by atoms with Crippen LogP contribution in [-0.2, 0) is 6.54 Å². The van der Waals surface area contributed by atoms with Gasteiger partial charge in [0.1, 0.15) is 5.01 Å². The van der Waals surface area contributed by atoms with Gasteiger partial charge in [-0.15, -0.1) is 11.3 Å². The van der Waals surface area contributed by atoms with Gasteiger partial charge >= 0.3 is 0 Å². The van der Waals surface area contributed by atoms with Crippen molar-refractivity contribution in [2.24, 2.45) is 0 Å². The van der Waals surface area contributed by atoms with E-state index in [9.17, 15) is 0 Å². The van der Waals surface area contributed by atoms with Crippen molar-refractivity contribution in [2.45, 2.75) is 57.4 Å². The molecule has 1 aromatic heterocycles. The van der Waals surface area contributed by atoms with E-state index in [4.69, 9.17) is 0 Å². The van der Waals surface area contributed by atoms with Crippen LogP contribution in [0.4, 0.5) is 0 Å². The molecule has 0 spiro atoms. The molecular formula is C13H22N2S2. The predicted molar refractivity (Wildman–Crippen MR) is 78.0 cm³/mol. The van der Waals surface area contributed by atoms with E-state index < -0.39 is 0 Å². The van der Waals surface area contributed by atoms with Gasteiger partial charge in [-0.1, -0.05) is 0 Å². The maximum Gasteiger partial charge on any atom is 0.107 e. The quantitative estimate of drug-likeness (QED) is 0.906. The van der Waals surface area contributed by atoms with Crippen molar-refractivity contribution in [1.29, 1.82) is 0 Å². The van der Waals surface area contributed by atoms with Crippen LogP contribution < -0.4 is 5.32 Å². The van der Waals surface area contributed by atoms with Gasteiger partial charge in [-0.2, -0.15) is 11.8 Å². The van der Waals surface area contributed by atoms with Crippen LogP contribution in [0.5, 0.6) is 0 Å². The molecule has 17 heavy (non-hydrogen) atoms. The third kappa shape index (κ3) is 3.70. The van der Waals surface area contributed by atoms with Gasteiger partial charge in [-0.05, 0) is 45.8 Å². The second kappa shape index (κ2) is 6.21. The van der Waals surface area contributed by atoms with Crippen molar-refractivity contribution >= 4 is 23.1 Å². The van der Waals surface area contributed by atoms with E-state index in [-0.39, 0.29) is 0 Å². The Morgan fingerprint density at radius 1 is 1.29 bits per heavy atom. The Hall–Kier alpha value is -0.0600.